The van der Waals surface area contributed by atoms with Crippen molar-refractivity contribution in [1.82, 2.24) is 10.7 Å². The lowest BCUT2D eigenvalue weighted by Gasteiger charge is -2.12. The highest BCUT2D eigenvalue weighted by Crippen LogP contribution is 2.28. The molecule has 1 aromatic rings. The van der Waals surface area contributed by atoms with Crippen LogP contribution in [-0.2, 0) is 0 Å². The molecular formula is C17H27N3O2S. The Kier molecular flexibility index (Phi) is 9.05. The van der Waals surface area contributed by atoms with Crippen molar-refractivity contribution in [3.05, 3.63) is 23.8 Å². The van der Waals surface area contributed by atoms with E-state index in [-0.39, 0.29) is 6.04 Å². The molecule has 23 heavy (non-hydrogen) atoms. The minimum atomic E-state index is 0.273. The van der Waals surface area contributed by atoms with E-state index in [0.717, 1.165) is 29.9 Å². The van der Waals surface area contributed by atoms with Crippen molar-refractivity contribution in [3.63, 3.8) is 0 Å². The van der Waals surface area contributed by atoms with E-state index in [1.165, 1.54) is 0 Å². The first-order valence-electron chi connectivity index (χ1n) is 8.06. The summed E-state index contributed by atoms with van der Waals surface area (Å²) in [5.74, 6) is 1.50. The van der Waals surface area contributed by atoms with E-state index >= 15 is 0 Å². The van der Waals surface area contributed by atoms with Gasteiger partial charge in [0.15, 0.2) is 16.6 Å². The van der Waals surface area contributed by atoms with Gasteiger partial charge in [-0.1, -0.05) is 13.3 Å². The largest absolute Gasteiger partial charge is 0.490 e. The van der Waals surface area contributed by atoms with Gasteiger partial charge in [0.2, 0.25) is 0 Å². The van der Waals surface area contributed by atoms with Crippen LogP contribution >= 0.6 is 12.2 Å². The third kappa shape index (κ3) is 7.83. The van der Waals surface area contributed by atoms with Gasteiger partial charge in [0.1, 0.15) is 0 Å². The highest BCUT2D eigenvalue weighted by Gasteiger charge is 2.05. The predicted molar refractivity (Wildman–Crippen MR) is 99.6 cm³/mol. The Bertz CT molecular complexity index is 519. The lowest BCUT2D eigenvalue weighted by molar-refractivity contribution is 0.272. The topological polar surface area (TPSA) is 54.9 Å². The van der Waals surface area contributed by atoms with Gasteiger partial charge in [0, 0.05) is 6.04 Å². The average Bonchev–Trinajstić information content (AvgIpc) is 2.49. The Balaban J connectivity index is 2.68. The second kappa shape index (κ2) is 10.8. The summed E-state index contributed by atoms with van der Waals surface area (Å²) in [6.07, 6.45) is 3.83. The van der Waals surface area contributed by atoms with Crippen molar-refractivity contribution >= 4 is 23.5 Å². The number of unbranched alkanes of at least 4 members (excludes halogenated alkanes) is 1. The lowest BCUT2D eigenvalue weighted by Crippen LogP contribution is -2.36. The maximum absolute atomic E-state index is 5.76. The number of ether oxygens (including phenoxy) is 2. The van der Waals surface area contributed by atoms with Crippen molar-refractivity contribution in [1.29, 1.82) is 0 Å². The molecule has 0 saturated carbocycles. The van der Waals surface area contributed by atoms with Crippen molar-refractivity contribution in [3.8, 4) is 11.5 Å². The Labute approximate surface area is 144 Å². The van der Waals surface area contributed by atoms with E-state index in [0.29, 0.717) is 18.3 Å². The Morgan fingerprint density at radius 3 is 2.70 bits per heavy atom. The van der Waals surface area contributed by atoms with Crippen LogP contribution in [0.4, 0.5) is 0 Å². The Morgan fingerprint density at radius 2 is 2.04 bits per heavy atom. The molecule has 0 spiro atoms. The van der Waals surface area contributed by atoms with E-state index in [4.69, 9.17) is 21.7 Å². The minimum Gasteiger partial charge on any atom is -0.490 e. The monoisotopic (exact) mass is 337 g/mol. The molecule has 128 valence electrons. The zero-order valence-corrected chi connectivity index (χ0v) is 15.2. The summed E-state index contributed by atoms with van der Waals surface area (Å²) in [7, 11) is 0. The normalized spacial score (nSPS) is 10.8. The molecule has 0 unspecified atom stereocenters. The van der Waals surface area contributed by atoms with Crippen LogP contribution in [0.1, 0.15) is 46.1 Å². The van der Waals surface area contributed by atoms with Crippen molar-refractivity contribution in [2.75, 3.05) is 13.2 Å². The molecule has 0 aliphatic carbocycles. The van der Waals surface area contributed by atoms with E-state index in [9.17, 15) is 0 Å². The first-order chi connectivity index (χ1) is 11.1. The molecule has 0 amide bonds. The number of thiocarbonyl (C=S) groups is 1. The highest BCUT2D eigenvalue weighted by molar-refractivity contribution is 7.80. The third-order valence-electron chi connectivity index (χ3n) is 2.82. The van der Waals surface area contributed by atoms with Crippen LogP contribution < -0.4 is 20.2 Å². The zero-order valence-electron chi connectivity index (χ0n) is 14.4. The van der Waals surface area contributed by atoms with Crippen LogP contribution in [0.2, 0.25) is 0 Å². The molecule has 1 aromatic carbocycles. The van der Waals surface area contributed by atoms with Gasteiger partial charge in [0.05, 0.1) is 19.4 Å². The predicted octanol–water partition coefficient (Wildman–Crippen LogP) is 3.47. The van der Waals surface area contributed by atoms with Crippen molar-refractivity contribution in [2.45, 2.75) is 46.6 Å². The van der Waals surface area contributed by atoms with E-state index in [2.05, 4.69) is 22.8 Å². The van der Waals surface area contributed by atoms with Crippen molar-refractivity contribution < 1.29 is 9.47 Å². The third-order valence-corrected chi connectivity index (χ3v) is 3.03. The standard InChI is InChI=1S/C17H27N3O2S/c1-5-7-10-22-15-9-8-14(11-16(15)21-6-2)12-18-20-17(23)19-13(3)4/h8-9,11-13H,5-7,10H2,1-4H3,(H2,19,20,23)/b18-12-. The van der Waals surface area contributed by atoms with E-state index in [1.54, 1.807) is 6.21 Å². The summed E-state index contributed by atoms with van der Waals surface area (Å²) in [5.41, 5.74) is 3.70. The van der Waals surface area contributed by atoms with Crippen LogP contribution in [0.25, 0.3) is 0 Å². The van der Waals surface area contributed by atoms with Gasteiger partial charge in [0.25, 0.3) is 0 Å². The van der Waals surface area contributed by atoms with Crippen LogP contribution in [0, 0.1) is 0 Å². The average molecular weight is 337 g/mol. The fourth-order valence-electron chi connectivity index (χ4n) is 1.78. The summed E-state index contributed by atoms with van der Waals surface area (Å²) in [4.78, 5) is 0. The fraction of sp³-hybridized carbons (Fsp3) is 0.529. The van der Waals surface area contributed by atoms with Gasteiger partial charge in [-0.3, -0.25) is 5.43 Å². The molecular weight excluding hydrogens is 310 g/mol. The number of hydrazone groups is 1. The van der Waals surface area contributed by atoms with Crippen LogP contribution in [-0.4, -0.2) is 30.6 Å². The quantitative estimate of drug-likeness (QED) is 0.313. The molecule has 0 heterocycles. The Morgan fingerprint density at radius 1 is 1.26 bits per heavy atom. The molecule has 2 N–H and O–H groups in total. The SMILES string of the molecule is CCCCOc1ccc(/C=N\NC(=S)NC(C)C)cc1OCC. The zero-order chi connectivity index (χ0) is 17.1. The number of nitrogens with zero attached hydrogens (tertiary/aromatic N) is 1. The molecule has 6 heteroatoms. The number of hydrogen-bond acceptors (Lipinski definition) is 4. The van der Waals surface area contributed by atoms with Crippen LogP contribution in [0.3, 0.4) is 0 Å². The molecule has 0 saturated heterocycles. The molecule has 0 aliphatic rings. The fourth-order valence-corrected chi connectivity index (χ4v) is 2.07. The lowest BCUT2D eigenvalue weighted by atomic mass is 10.2. The number of nitrogens with one attached hydrogen (secondary N) is 2. The second-order valence-electron chi connectivity index (χ2n) is 5.34. The van der Waals surface area contributed by atoms with E-state index in [1.807, 2.05) is 39.0 Å². The van der Waals surface area contributed by atoms with Gasteiger partial charge in [-0.15, -0.1) is 0 Å². The van der Waals surface area contributed by atoms with Gasteiger partial charge in [-0.25, -0.2) is 0 Å². The van der Waals surface area contributed by atoms with Crippen molar-refractivity contribution in [2.24, 2.45) is 5.10 Å². The van der Waals surface area contributed by atoms with Crippen LogP contribution in [0.15, 0.2) is 23.3 Å². The highest BCUT2D eigenvalue weighted by atomic mass is 32.1. The molecule has 0 aromatic heterocycles. The molecule has 0 bridgehead atoms. The molecule has 0 fully saturated rings. The van der Waals surface area contributed by atoms with Gasteiger partial charge < -0.3 is 14.8 Å². The molecule has 5 nitrogen and oxygen atoms in total. The summed E-state index contributed by atoms with van der Waals surface area (Å²) in [6.45, 7) is 9.41. The number of rotatable bonds is 9. The van der Waals surface area contributed by atoms with Gasteiger partial charge in [-0.05, 0) is 63.2 Å². The van der Waals surface area contributed by atoms with Gasteiger partial charge in [-0.2, -0.15) is 5.10 Å². The second-order valence-corrected chi connectivity index (χ2v) is 5.75. The molecule has 0 radical (unpaired) electrons. The summed E-state index contributed by atoms with van der Waals surface area (Å²) in [5, 5.41) is 7.69. The number of benzene rings is 1. The Hall–Kier alpha value is -1.82. The smallest absolute Gasteiger partial charge is 0.187 e. The maximum Gasteiger partial charge on any atom is 0.187 e. The molecule has 1 rings (SSSR count). The summed E-state index contributed by atoms with van der Waals surface area (Å²) in [6, 6.07) is 6.03. The molecule has 0 aliphatic heterocycles. The summed E-state index contributed by atoms with van der Waals surface area (Å²) < 4.78 is 11.4. The van der Waals surface area contributed by atoms with Gasteiger partial charge >= 0.3 is 0 Å². The molecule has 0 atom stereocenters. The summed E-state index contributed by atoms with van der Waals surface area (Å²) >= 11 is 5.11. The minimum absolute atomic E-state index is 0.273. The first-order valence-corrected chi connectivity index (χ1v) is 8.46. The first kappa shape index (κ1) is 19.2. The maximum atomic E-state index is 5.76. The van der Waals surface area contributed by atoms with Crippen LogP contribution in [0.5, 0.6) is 11.5 Å². The number of hydrogen-bond donors (Lipinski definition) is 2. The van der Waals surface area contributed by atoms with E-state index < -0.39 is 0 Å².